The van der Waals surface area contributed by atoms with E-state index in [1.165, 1.54) is 25.0 Å². The number of aryl methyl sites for hydroxylation is 1. The molecule has 34 heavy (non-hydrogen) atoms. The third-order valence-corrected chi connectivity index (χ3v) is 5.36. The van der Waals surface area contributed by atoms with Gasteiger partial charge >= 0.3 is 7.32 Å². The maximum absolute atomic E-state index is 11.5. The van der Waals surface area contributed by atoms with Gasteiger partial charge in [0, 0.05) is 31.5 Å². The van der Waals surface area contributed by atoms with E-state index in [4.69, 9.17) is 14.0 Å². The second-order valence-electron chi connectivity index (χ2n) is 8.04. The van der Waals surface area contributed by atoms with Gasteiger partial charge in [-0.3, -0.25) is 9.59 Å². The molecule has 0 amide bonds. The van der Waals surface area contributed by atoms with Crippen molar-refractivity contribution in [2.45, 2.75) is 45.7 Å². The van der Waals surface area contributed by atoms with Gasteiger partial charge in [-0.25, -0.2) is 0 Å². The molecule has 2 atom stereocenters. The lowest BCUT2D eigenvalue weighted by Crippen LogP contribution is -2.35. The van der Waals surface area contributed by atoms with E-state index in [2.05, 4.69) is 36.5 Å². The fourth-order valence-electron chi connectivity index (χ4n) is 3.75. The van der Waals surface area contributed by atoms with Crippen LogP contribution in [0.25, 0.3) is 0 Å². The Balaban J connectivity index is 1.87. The molecule has 0 fully saturated rings. The smallest absolute Gasteiger partial charge is 0.489 e. The molecule has 1 N–H and O–H groups in total. The lowest BCUT2D eigenvalue weighted by atomic mass is 9.96. The highest BCUT2D eigenvalue weighted by molar-refractivity contribution is 6.42. The largest absolute Gasteiger partial charge is 0.868 e. The summed E-state index contributed by atoms with van der Waals surface area (Å²) in [4.78, 5) is 23.0. The standard InChI is InChI=1S/C27H30BNO5/c1-20(24-14-8-5-9-15-24)29-26(19-18-23-12-6-4-7-13-23)25-16-10-11-17-27(25)34-28(32-21(2)30)33-22(3)31/h4-17,20,26,29H,18-19H2,1-3H3/t20-,26-/m1/s1. The highest BCUT2D eigenvalue weighted by Crippen LogP contribution is 2.31. The first kappa shape index (κ1) is 25.1. The van der Waals surface area contributed by atoms with Crippen LogP contribution in [0.3, 0.4) is 0 Å². The number of hydrogen-bond acceptors (Lipinski definition) is 6. The van der Waals surface area contributed by atoms with Crippen LogP contribution in [0.15, 0.2) is 84.9 Å². The Hall–Kier alpha value is -3.58. The van der Waals surface area contributed by atoms with Crippen molar-refractivity contribution in [2.75, 3.05) is 0 Å². The molecular weight excluding hydrogens is 429 g/mol. The third-order valence-electron chi connectivity index (χ3n) is 5.36. The van der Waals surface area contributed by atoms with Gasteiger partial charge < -0.3 is 19.3 Å². The van der Waals surface area contributed by atoms with Crippen molar-refractivity contribution in [3.63, 3.8) is 0 Å². The minimum atomic E-state index is -1.46. The van der Waals surface area contributed by atoms with E-state index in [9.17, 15) is 9.59 Å². The summed E-state index contributed by atoms with van der Waals surface area (Å²) >= 11 is 0. The molecule has 3 aromatic carbocycles. The monoisotopic (exact) mass is 459 g/mol. The Morgan fingerprint density at radius 3 is 2.00 bits per heavy atom. The van der Waals surface area contributed by atoms with E-state index >= 15 is 0 Å². The molecule has 0 saturated carbocycles. The van der Waals surface area contributed by atoms with E-state index in [-0.39, 0.29) is 12.1 Å². The Labute approximate surface area is 201 Å². The number of hydrogen-bond donors (Lipinski definition) is 1. The number of para-hydroxylation sites is 1. The summed E-state index contributed by atoms with van der Waals surface area (Å²) in [5.74, 6) is -0.749. The summed E-state index contributed by atoms with van der Waals surface area (Å²) in [5, 5.41) is 3.72. The Bertz CT molecular complexity index is 1040. The van der Waals surface area contributed by atoms with Crippen LogP contribution in [0.1, 0.15) is 56.0 Å². The zero-order valence-corrected chi connectivity index (χ0v) is 19.8. The maximum atomic E-state index is 11.5. The quantitative estimate of drug-likeness (QED) is 0.398. The van der Waals surface area contributed by atoms with Crippen LogP contribution in [0.5, 0.6) is 5.75 Å². The predicted octanol–water partition coefficient (Wildman–Crippen LogP) is 5.20. The topological polar surface area (TPSA) is 73.9 Å². The Morgan fingerprint density at radius 1 is 0.824 bits per heavy atom. The molecule has 0 aliphatic rings. The van der Waals surface area contributed by atoms with E-state index in [0.29, 0.717) is 5.75 Å². The SMILES string of the molecule is CC(=O)OB(OC(C)=O)Oc1ccccc1[C@@H](CCc1ccccc1)N[C@H](C)c1ccccc1. The lowest BCUT2D eigenvalue weighted by molar-refractivity contribution is -0.139. The van der Waals surface area contributed by atoms with Crippen LogP contribution in [0.4, 0.5) is 0 Å². The summed E-state index contributed by atoms with van der Waals surface area (Å²) in [6.45, 7) is 4.59. The van der Waals surface area contributed by atoms with Gasteiger partial charge in [-0.05, 0) is 37.0 Å². The molecule has 0 radical (unpaired) electrons. The molecule has 3 rings (SSSR count). The molecule has 0 heterocycles. The van der Waals surface area contributed by atoms with Crippen molar-refractivity contribution in [1.82, 2.24) is 5.32 Å². The van der Waals surface area contributed by atoms with Crippen LogP contribution < -0.4 is 9.97 Å². The van der Waals surface area contributed by atoms with Crippen molar-refractivity contribution in [3.8, 4) is 5.75 Å². The second-order valence-corrected chi connectivity index (χ2v) is 8.04. The zero-order valence-electron chi connectivity index (χ0n) is 19.8. The highest BCUT2D eigenvalue weighted by atomic mass is 16.8. The van der Waals surface area contributed by atoms with Gasteiger partial charge in [0.05, 0.1) is 0 Å². The molecule has 0 aliphatic heterocycles. The number of carbonyl (C=O) groups excluding carboxylic acids is 2. The van der Waals surface area contributed by atoms with E-state index < -0.39 is 19.3 Å². The van der Waals surface area contributed by atoms with Crippen molar-refractivity contribution in [1.29, 1.82) is 0 Å². The van der Waals surface area contributed by atoms with Gasteiger partial charge in [0.1, 0.15) is 5.75 Å². The number of nitrogens with one attached hydrogen (secondary N) is 1. The molecule has 6 nitrogen and oxygen atoms in total. The van der Waals surface area contributed by atoms with Crippen molar-refractivity contribution < 1.29 is 23.6 Å². The summed E-state index contributed by atoms with van der Waals surface area (Å²) in [6.07, 6.45) is 1.65. The van der Waals surface area contributed by atoms with Gasteiger partial charge in [0.15, 0.2) is 0 Å². The average Bonchev–Trinajstić information content (AvgIpc) is 2.82. The van der Waals surface area contributed by atoms with Crippen LogP contribution in [-0.2, 0) is 25.3 Å². The second kappa shape index (κ2) is 12.6. The van der Waals surface area contributed by atoms with E-state index in [1.807, 2.05) is 54.6 Å². The first-order valence-corrected chi connectivity index (χ1v) is 11.4. The average molecular weight is 459 g/mol. The minimum Gasteiger partial charge on any atom is -0.489 e. The van der Waals surface area contributed by atoms with Crippen molar-refractivity contribution in [2.24, 2.45) is 0 Å². The van der Waals surface area contributed by atoms with E-state index in [1.54, 1.807) is 6.07 Å². The zero-order chi connectivity index (χ0) is 24.3. The normalized spacial score (nSPS) is 12.3. The van der Waals surface area contributed by atoms with Crippen LogP contribution in [-0.4, -0.2) is 19.3 Å². The molecular formula is C27H30BNO5. The first-order chi connectivity index (χ1) is 16.4. The van der Waals surface area contributed by atoms with Gasteiger partial charge in [-0.15, -0.1) is 0 Å². The third kappa shape index (κ3) is 7.78. The first-order valence-electron chi connectivity index (χ1n) is 11.4. The van der Waals surface area contributed by atoms with Crippen molar-refractivity contribution >= 4 is 19.3 Å². The maximum Gasteiger partial charge on any atom is 0.868 e. The van der Waals surface area contributed by atoms with Crippen LogP contribution in [0, 0.1) is 0 Å². The van der Waals surface area contributed by atoms with Gasteiger partial charge in [0.2, 0.25) is 0 Å². The van der Waals surface area contributed by atoms with Gasteiger partial charge in [0.25, 0.3) is 11.9 Å². The van der Waals surface area contributed by atoms with Crippen molar-refractivity contribution in [3.05, 3.63) is 102 Å². The van der Waals surface area contributed by atoms with Crippen LogP contribution in [0.2, 0.25) is 0 Å². The van der Waals surface area contributed by atoms with E-state index in [0.717, 1.165) is 18.4 Å². The Kier molecular flexibility index (Phi) is 9.29. The number of rotatable bonds is 11. The predicted molar refractivity (Wildman–Crippen MR) is 132 cm³/mol. The van der Waals surface area contributed by atoms with Gasteiger partial charge in [-0.1, -0.05) is 78.9 Å². The molecule has 0 aromatic heterocycles. The molecule has 176 valence electrons. The molecule has 3 aromatic rings. The molecule has 0 spiro atoms. The molecule has 0 aliphatic carbocycles. The fourth-order valence-corrected chi connectivity index (χ4v) is 3.75. The summed E-state index contributed by atoms with van der Waals surface area (Å²) in [5.41, 5.74) is 3.28. The fraction of sp³-hybridized carbons (Fsp3) is 0.259. The highest BCUT2D eigenvalue weighted by Gasteiger charge is 2.34. The Morgan fingerprint density at radius 2 is 1.38 bits per heavy atom. The van der Waals surface area contributed by atoms with Gasteiger partial charge in [-0.2, -0.15) is 0 Å². The molecule has 0 saturated heterocycles. The summed E-state index contributed by atoms with van der Waals surface area (Å²) in [6, 6.07) is 28.0. The minimum absolute atomic E-state index is 0.0766. The lowest BCUT2D eigenvalue weighted by Gasteiger charge is -2.26. The molecule has 0 unspecified atom stereocenters. The summed E-state index contributed by atoms with van der Waals surface area (Å²) < 4.78 is 16.0. The summed E-state index contributed by atoms with van der Waals surface area (Å²) in [7, 11) is -1.46. The number of carbonyl (C=O) groups is 2. The number of benzene rings is 3. The van der Waals surface area contributed by atoms with Crippen LogP contribution >= 0.6 is 0 Å². The molecule has 0 bridgehead atoms. The molecule has 7 heteroatoms.